The van der Waals surface area contributed by atoms with Crippen LogP contribution >= 0.6 is 0 Å². The molecule has 3 heterocycles. The van der Waals surface area contributed by atoms with Crippen molar-refractivity contribution in [3.8, 4) is 28.3 Å². The highest BCUT2D eigenvalue weighted by Crippen LogP contribution is 2.34. The van der Waals surface area contributed by atoms with Crippen molar-refractivity contribution in [3.05, 3.63) is 66.7 Å². The zero-order valence-electron chi connectivity index (χ0n) is 13.6. The van der Waals surface area contributed by atoms with Gasteiger partial charge in [0.05, 0.1) is 16.7 Å². The first-order valence-corrected chi connectivity index (χ1v) is 8.08. The molecule has 0 aliphatic carbocycles. The van der Waals surface area contributed by atoms with Crippen LogP contribution in [0.15, 0.2) is 61.1 Å². The van der Waals surface area contributed by atoms with E-state index in [0.717, 1.165) is 45.0 Å². The third kappa shape index (κ3) is 2.32. The lowest BCUT2D eigenvalue weighted by atomic mass is 10.1. The summed E-state index contributed by atoms with van der Waals surface area (Å²) in [6.07, 6.45) is 3.67. The first-order chi connectivity index (χ1) is 12.3. The molecule has 4 aromatic rings. The Morgan fingerprint density at radius 1 is 0.880 bits per heavy atom. The lowest BCUT2D eigenvalue weighted by Gasteiger charge is -2.07. The second-order valence-electron chi connectivity index (χ2n) is 6.04. The Morgan fingerprint density at radius 2 is 1.76 bits per heavy atom. The standard InChI is InChI=1S/C20H15N3O2/c1-13-8-15(6-7-21-13)14-2-4-17-18(9-14)23(11-22-17)16-3-5-19-20(10-16)25-12-24-19/h2-11H,12H2,1H3. The Balaban J connectivity index is 1.66. The number of aryl methyl sites for hydroxylation is 1. The molecule has 0 saturated heterocycles. The average Bonchev–Trinajstić information content (AvgIpc) is 3.27. The number of rotatable bonds is 2. The number of imidazole rings is 1. The highest BCUT2D eigenvalue weighted by Gasteiger charge is 2.15. The van der Waals surface area contributed by atoms with Crippen molar-refractivity contribution in [2.24, 2.45) is 0 Å². The summed E-state index contributed by atoms with van der Waals surface area (Å²) in [7, 11) is 0. The van der Waals surface area contributed by atoms with Gasteiger partial charge in [-0.2, -0.15) is 0 Å². The number of aromatic nitrogens is 3. The van der Waals surface area contributed by atoms with Gasteiger partial charge < -0.3 is 9.47 Å². The first-order valence-electron chi connectivity index (χ1n) is 8.08. The van der Waals surface area contributed by atoms with Crippen molar-refractivity contribution < 1.29 is 9.47 Å². The minimum atomic E-state index is 0.273. The number of fused-ring (bicyclic) bond motifs is 2. The van der Waals surface area contributed by atoms with Crippen LogP contribution in [0.25, 0.3) is 27.8 Å². The van der Waals surface area contributed by atoms with Crippen molar-refractivity contribution in [2.75, 3.05) is 6.79 Å². The van der Waals surface area contributed by atoms with Crippen LogP contribution in [-0.2, 0) is 0 Å². The molecule has 1 aliphatic rings. The number of hydrogen-bond donors (Lipinski definition) is 0. The summed E-state index contributed by atoms with van der Waals surface area (Å²) in [5.74, 6) is 1.54. The SMILES string of the molecule is Cc1cc(-c2ccc3ncn(-c4ccc5c(c4)OCO5)c3c2)ccn1. The van der Waals surface area contributed by atoms with E-state index in [0.29, 0.717) is 0 Å². The molecule has 0 unspecified atom stereocenters. The highest BCUT2D eigenvalue weighted by atomic mass is 16.7. The Bertz CT molecular complexity index is 1100. The molecule has 2 aromatic carbocycles. The minimum absolute atomic E-state index is 0.273. The van der Waals surface area contributed by atoms with Crippen LogP contribution in [0.1, 0.15) is 5.69 Å². The van der Waals surface area contributed by atoms with E-state index in [4.69, 9.17) is 9.47 Å². The second kappa shape index (κ2) is 5.34. The summed E-state index contributed by atoms with van der Waals surface area (Å²) in [4.78, 5) is 8.79. The normalized spacial score (nSPS) is 12.7. The first kappa shape index (κ1) is 14.0. The molecule has 0 radical (unpaired) electrons. The zero-order valence-corrected chi connectivity index (χ0v) is 13.6. The molecule has 5 nitrogen and oxygen atoms in total. The molecular formula is C20H15N3O2. The van der Waals surface area contributed by atoms with E-state index >= 15 is 0 Å². The molecule has 0 atom stereocenters. The predicted octanol–water partition coefficient (Wildman–Crippen LogP) is 4.12. The molecule has 0 N–H and O–H groups in total. The number of pyridine rings is 1. The molecule has 122 valence electrons. The number of hydrogen-bond acceptors (Lipinski definition) is 4. The van der Waals surface area contributed by atoms with Crippen LogP contribution < -0.4 is 9.47 Å². The molecule has 5 heteroatoms. The maximum absolute atomic E-state index is 5.49. The molecule has 2 aromatic heterocycles. The highest BCUT2D eigenvalue weighted by molar-refractivity contribution is 5.83. The third-order valence-corrected chi connectivity index (χ3v) is 4.41. The molecule has 0 bridgehead atoms. The lowest BCUT2D eigenvalue weighted by Crippen LogP contribution is -1.93. The minimum Gasteiger partial charge on any atom is -0.454 e. The van der Waals surface area contributed by atoms with Crippen LogP contribution in [-0.4, -0.2) is 21.3 Å². The topological polar surface area (TPSA) is 49.2 Å². The predicted molar refractivity (Wildman–Crippen MR) is 95.2 cm³/mol. The fraction of sp³-hybridized carbons (Fsp3) is 0.100. The number of ether oxygens (including phenoxy) is 2. The second-order valence-corrected chi connectivity index (χ2v) is 6.04. The average molecular weight is 329 g/mol. The maximum Gasteiger partial charge on any atom is 0.231 e. The van der Waals surface area contributed by atoms with E-state index in [-0.39, 0.29) is 6.79 Å². The Morgan fingerprint density at radius 3 is 2.68 bits per heavy atom. The van der Waals surface area contributed by atoms with E-state index in [9.17, 15) is 0 Å². The van der Waals surface area contributed by atoms with Gasteiger partial charge in [-0.1, -0.05) is 6.07 Å². The van der Waals surface area contributed by atoms with Gasteiger partial charge in [0.15, 0.2) is 11.5 Å². The Hall–Kier alpha value is -3.34. The largest absolute Gasteiger partial charge is 0.454 e. The van der Waals surface area contributed by atoms with Crippen LogP contribution in [0.5, 0.6) is 11.5 Å². The molecule has 1 aliphatic heterocycles. The molecule has 5 rings (SSSR count). The van der Waals surface area contributed by atoms with Crippen LogP contribution in [0, 0.1) is 6.92 Å². The Kier molecular flexibility index (Phi) is 3.00. The van der Waals surface area contributed by atoms with Gasteiger partial charge in [0, 0.05) is 18.0 Å². The van der Waals surface area contributed by atoms with Gasteiger partial charge in [0.1, 0.15) is 6.33 Å². The van der Waals surface area contributed by atoms with Crippen molar-refractivity contribution in [1.82, 2.24) is 14.5 Å². The molecule has 0 spiro atoms. The summed E-state index contributed by atoms with van der Waals surface area (Å²) < 4.78 is 13.0. The van der Waals surface area contributed by atoms with Gasteiger partial charge in [-0.05, 0) is 54.4 Å². The maximum atomic E-state index is 5.49. The van der Waals surface area contributed by atoms with Crippen molar-refractivity contribution in [3.63, 3.8) is 0 Å². The molecule has 25 heavy (non-hydrogen) atoms. The van der Waals surface area contributed by atoms with Crippen LogP contribution in [0.2, 0.25) is 0 Å². The van der Waals surface area contributed by atoms with E-state index < -0.39 is 0 Å². The summed E-state index contributed by atoms with van der Waals surface area (Å²) in [5.41, 5.74) is 6.28. The Labute approximate surface area is 144 Å². The van der Waals surface area contributed by atoms with Crippen molar-refractivity contribution in [1.29, 1.82) is 0 Å². The summed E-state index contributed by atoms with van der Waals surface area (Å²) in [5, 5.41) is 0. The smallest absolute Gasteiger partial charge is 0.231 e. The fourth-order valence-electron chi connectivity index (χ4n) is 3.15. The van der Waals surface area contributed by atoms with Gasteiger partial charge in [0.2, 0.25) is 6.79 Å². The molecular weight excluding hydrogens is 314 g/mol. The zero-order chi connectivity index (χ0) is 16.8. The van der Waals surface area contributed by atoms with Gasteiger partial charge in [-0.25, -0.2) is 4.98 Å². The van der Waals surface area contributed by atoms with Crippen LogP contribution in [0.4, 0.5) is 0 Å². The van der Waals surface area contributed by atoms with E-state index in [1.807, 2.05) is 49.8 Å². The molecule has 0 amide bonds. The number of nitrogens with zero attached hydrogens (tertiary/aromatic N) is 3. The van der Waals surface area contributed by atoms with Crippen molar-refractivity contribution >= 4 is 11.0 Å². The van der Waals surface area contributed by atoms with E-state index in [1.54, 1.807) is 0 Å². The van der Waals surface area contributed by atoms with Gasteiger partial charge in [-0.3, -0.25) is 9.55 Å². The van der Waals surface area contributed by atoms with E-state index in [1.165, 1.54) is 0 Å². The van der Waals surface area contributed by atoms with Gasteiger partial charge >= 0.3 is 0 Å². The molecule has 0 fully saturated rings. The molecule has 0 saturated carbocycles. The summed E-state index contributed by atoms with van der Waals surface area (Å²) in [6, 6.07) is 16.3. The lowest BCUT2D eigenvalue weighted by molar-refractivity contribution is 0.174. The van der Waals surface area contributed by atoms with Crippen LogP contribution in [0.3, 0.4) is 0 Å². The summed E-state index contributed by atoms with van der Waals surface area (Å²) in [6.45, 7) is 2.27. The van der Waals surface area contributed by atoms with Gasteiger partial charge in [-0.15, -0.1) is 0 Å². The fourth-order valence-corrected chi connectivity index (χ4v) is 3.15. The summed E-state index contributed by atoms with van der Waals surface area (Å²) >= 11 is 0. The van der Waals surface area contributed by atoms with Crippen molar-refractivity contribution in [2.45, 2.75) is 6.92 Å². The van der Waals surface area contributed by atoms with E-state index in [2.05, 4.69) is 32.7 Å². The third-order valence-electron chi connectivity index (χ3n) is 4.41. The number of benzene rings is 2. The van der Waals surface area contributed by atoms with Gasteiger partial charge in [0.25, 0.3) is 0 Å². The quantitative estimate of drug-likeness (QED) is 0.555. The monoisotopic (exact) mass is 329 g/mol.